The molecule has 0 aliphatic heterocycles. The molecule has 0 bridgehead atoms. The van der Waals surface area contributed by atoms with Gasteiger partial charge in [0.15, 0.2) is 0 Å². The molecule has 0 radical (unpaired) electrons. The van der Waals surface area contributed by atoms with Crippen LogP contribution in [0.3, 0.4) is 0 Å². The summed E-state index contributed by atoms with van der Waals surface area (Å²) in [5.41, 5.74) is 2.71. The van der Waals surface area contributed by atoms with Crippen molar-refractivity contribution in [3.8, 4) is 5.75 Å². The van der Waals surface area contributed by atoms with Crippen molar-refractivity contribution in [2.75, 3.05) is 0 Å². The van der Waals surface area contributed by atoms with Gasteiger partial charge < -0.3 is 14.9 Å². The SMILES string of the molecule is Cc1[nH][nH]c(=O)c1C(c1ccc(OC(=O)c2cccc(Br)c2)cc1)c1c(C)[nH][nH]c1=O. The first-order valence-corrected chi connectivity index (χ1v) is 10.3. The van der Waals surface area contributed by atoms with Crippen molar-refractivity contribution < 1.29 is 9.53 Å². The molecule has 0 saturated heterocycles. The van der Waals surface area contributed by atoms with E-state index >= 15 is 0 Å². The van der Waals surface area contributed by atoms with E-state index in [0.29, 0.717) is 39.4 Å². The van der Waals surface area contributed by atoms with Crippen LogP contribution >= 0.6 is 15.9 Å². The molecule has 2 aromatic heterocycles. The average Bonchev–Trinajstić information content (AvgIpc) is 3.25. The second-order valence-corrected chi connectivity index (χ2v) is 8.05. The number of esters is 1. The van der Waals surface area contributed by atoms with Crippen LogP contribution in [-0.2, 0) is 0 Å². The second-order valence-electron chi connectivity index (χ2n) is 7.14. The fourth-order valence-corrected chi connectivity index (χ4v) is 3.99. The lowest BCUT2D eigenvalue weighted by Crippen LogP contribution is -2.20. The number of hydrogen-bond donors (Lipinski definition) is 4. The van der Waals surface area contributed by atoms with Gasteiger partial charge in [-0.3, -0.25) is 19.8 Å². The standard InChI is InChI=1S/C22H19BrN4O4/c1-11-17(20(28)26-24-11)19(18-12(2)25-27-21(18)29)13-6-8-16(9-7-13)31-22(30)14-4-3-5-15(23)10-14/h3-10,19H,1-2H3,(H2,24,26,28)(H2,25,27,29). The zero-order valence-corrected chi connectivity index (χ0v) is 18.3. The number of aryl methyl sites for hydroxylation is 2. The molecule has 4 rings (SSSR count). The van der Waals surface area contributed by atoms with E-state index in [-0.39, 0.29) is 11.1 Å². The molecule has 0 fully saturated rings. The summed E-state index contributed by atoms with van der Waals surface area (Å²) in [5.74, 6) is -0.729. The minimum absolute atomic E-state index is 0.298. The number of carbonyl (C=O) groups excluding carboxylic acids is 1. The van der Waals surface area contributed by atoms with E-state index in [1.165, 1.54) is 0 Å². The van der Waals surface area contributed by atoms with E-state index in [2.05, 4.69) is 36.3 Å². The minimum Gasteiger partial charge on any atom is -0.423 e. The monoisotopic (exact) mass is 482 g/mol. The number of nitrogens with one attached hydrogen (secondary N) is 4. The molecule has 158 valence electrons. The smallest absolute Gasteiger partial charge is 0.343 e. The molecule has 0 spiro atoms. The number of halogens is 1. The maximum Gasteiger partial charge on any atom is 0.343 e. The highest BCUT2D eigenvalue weighted by atomic mass is 79.9. The topological polar surface area (TPSA) is 124 Å². The van der Waals surface area contributed by atoms with Crippen molar-refractivity contribution >= 4 is 21.9 Å². The molecule has 0 saturated carbocycles. The van der Waals surface area contributed by atoms with Gasteiger partial charge in [-0.1, -0.05) is 34.1 Å². The highest BCUT2D eigenvalue weighted by molar-refractivity contribution is 9.10. The lowest BCUT2D eigenvalue weighted by Gasteiger charge is -2.16. The van der Waals surface area contributed by atoms with Crippen LogP contribution in [-0.4, -0.2) is 26.4 Å². The molecule has 2 heterocycles. The average molecular weight is 483 g/mol. The third kappa shape index (κ3) is 4.04. The fraction of sp³-hybridized carbons (Fsp3) is 0.136. The lowest BCUT2D eigenvalue weighted by atomic mass is 9.85. The van der Waals surface area contributed by atoms with E-state index in [9.17, 15) is 14.4 Å². The zero-order valence-electron chi connectivity index (χ0n) is 16.7. The molecule has 8 nitrogen and oxygen atoms in total. The van der Waals surface area contributed by atoms with Crippen molar-refractivity contribution in [2.45, 2.75) is 19.8 Å². The van der Waals surface area contributed by atoms with Gasteiger partial charge in [0.2, 0.25) is 0 Å². The van der Waals surface area contributed by atoms with E-state index in [0.717, 1.165) is 4.47 Å². The molecule has 4 aromatic rings. The molecular weight excluding hydrogens is 464 g/mol. The first kappa shape index (κ1) is 20.7. The van der Waals surface area contributed by atoms with Gasteiger partial charge in [0.1, 0.15) is 5.75 Å². The van der Waals surface area contributed by atoms with E-state index < -0.39 is 11.9 Å². The van der Waals surface area contributed by atoms with Gasteiger partial charge >= 0.3 is 5.97 Å². The highest BCUT2D eigenvalue weighted by Gasteiger charge is 2.28. The number of hydrogen-bond acceptors (Lipinski definition) is 4. The summed E-state index contributed by atoms with van der Waals surface area (Å²) in [6.45, 7) is 3.54. The Morgan fingerprint density at radius 1 is 0.871 bits per heavy atom. The predicted molar refractivity (Wildman–Crippen MR) is 119 cm³/mol. The Morgan fingerprint density at radius 2 is 1.45 bits per heavy atom. The van der Waals surface area contributed by atoms with Crippen molar-refractivity contribution in [1.29, 1.82) is 0 Å². The molecule has 0 unspecified atom stereocenters. The molecule has 0 amide bonds. The first-order chi connectivity index (χ1) is 14.8. The van der Waals surface area contributed by atoms with Crippen LogP contribution in [0.2, 0.25) is 0 Å². The van der Waals surface area contributed by atoms with Crippen molar-refractivity contribution in [2.24, 2.45) is 0 Å². The summed E-state index contributed by atoms with van der Waals surface area (Å²) < 4.78 is 6.24. The predicted octanol–water partition coefficient (Wildman–Crippen LogP) is 3.50. The Hall–Kier alpha value is -3.59. The molecule has 4 N–H and O–H groups in total. The number of H-pyrrole nitrogens is 4. The van der Waals surface area contributed by atoms with Crippen molar-refractivity contribution in [3.63, 3.8) is 0 Å². The number of carbonyl (C=O) groups is 1. The molecule has 2 aromatic carbocycles. The number of ether oxygens (including phenoxy) is 1. The van der Waals surface area contributed by atoms with Crippen LogP contribution in [0.4, 0.5) is 0 Å². The maximum atomic E-state index is 12.5. The van der Waals surface area contributed by atoms with Gasteiger partial charge in [-0.25, -0.2) is 4.79 Å². The zero-order chi connectivity index (χ0) is 22.1. The Balaban J connectivity index is 1.70. The summed E-state index contributed by atoms with van der Waals surface area (Å²) >= 11 is 3.33. The third-order valence-corrected chi connectivity index (χ3v) is 5.58. The quantitative estimate of drug-likeness (QED) is 0.256. The second kappa shape index (κ2) is 8.27. The van der Waals surface area contributed by atoms with E-state index in [1.54, 1.807) is 56.3 Å². The molecule has 9 heteroatoms. The summed E-state index contributed by atoms with van der Waals surface area (Å²) in [5, 5.41) is 10.8. The summed E-state index contributed by atoms with van der Waals surface area (Å²) in [6, 6.07) is 13.7. The maximum absolute atomic E-state index is 12.5. The normalized spacial score (nSPS) is 11.1. The summed E-state index contributed by atoms with van der Waals surface area (Å²) in [4.78, 5) is 37.4. The fourth-order valence-electron chi connectivity index (χ4n) is 3.59. The van der Waals surface area contributed by atoms with Crippen LogP contribution in [0.1, 0.15) is 44.4 Å². The van der Waals surface area contributed by atoms with Crippen LogP contribution < -0.4 is 15.9 Å². The number of rotatable bonds is 5. The molecule has 0 atom stereocenters. The molecular formula is C22H19BrN4O4. The molecule has 0 aliphatic rings. The van der Waals surface area contributed by atoms with Crippen molar-refractivity contribution in [3.05, 3.63) is 107 Å². The van der Waals surface area contributed by atoms with E-state index in [1.807, 2.05) is 6.07 Å². The van der Waals surface area contributed by atoms with Crippen LogP contribution in [0.25, 0.3) is 0 Å². The third-order valence-electron chi connectivity index (χ3n) is 5.09. The Kier molecular flexibility index (Phi) is 5.51. The summed E-state index contributed by atoms with van der Waals surface area (Å²) in [6.07, 6.45) is 0. The van der Waals surface area contributed by atoms with Crippen LogP contribution in [0.15, 0.2) is 62.6 Å². The van der Waals surface area contributed by atoms with Gasteiger partial charge in [-0.2, -0.15) is 0 Å². The Labute approximate surface area is 184 Å². The minimum atomic E-state index is -0.597. The van der Waals surface area contributed by atoms with Gasteiger partial charge in [-0.15, -0.1) is 0 Å². The lowest BCUT2D eigenvalue weighted by molar-refractivity contribution is 0.0734. The number of aromatic amines is 4. The number of aromatic nitrogens is 4. The largest absolute Gasteiger partial charge is 0.423 e. The van der Waals surface area contributed by atoms with Crippen LogP contribution in [0.5, 0.6) is 5.75 Å². The van der Waals surface area contributed by atoms with Gasteiger partial charge in [-0.05, 0) is 49.7 Å². The van der Waals surface area contributed by atoms with Crippen LogP contribution in [0, 0.1) is 13.8 Å². The van der Waals surface area contributed by atoms with Gasteiger partial charge in [0.25, 0.3) is 11.1 Å². The summed E-state index contributed by atoms with van der Waals surface area (Å²) in [7, 11) is 0. The Morgan fingerprint density at radius 3 is 1.94 bits per heavy atom. The van der Waals surface area contributed by atoms with Gasteiger partial charge in [0, 0.05) is 21.8 Å². The van der Waals surface area contributed by atoms with E-state index in [4.69, 9.17) is 4.74 Å². The Bertz CT molecular complexity index is 1310. The number of benzene rings is 2. The molecule has 31 heavy (non-hydrogen) atoms. The van der Waals surface area contributed by atoms with Gasteiger partial charge in [0.05, 0.1) is 16.7 Å². The van der Waals surface area contributed by atoms with Crippen molar-refractivity contribution in [1.82, 2.24) is 20.4 Å². The highest BCUT2D eigenvalue weighted by Crippen LogP contribution is 2.32. The first-order valence-electron chi connectivity index (χ1n) is 9.47. The molecule has 0 aliphatic carbocycles.